The van der Waals surface area contributed by atoms with Crippen molar-refractivity contribution in [1.29, 1.82) is 0 Å². The third kappa shape index (κ3) is 3.69. The zero-order valence-corrected chi connectivity index (χ0v) is 18.6. The molecule has 0 aliphatic rings. The molecule has 4 aromatic rings. The van der Waals surface area contributed by atoms with Crippen LogP contribution in [0.15, 0.2) is 53.3 Å². The molecule has 2 aromatic heterocycles. The van der Waals surface area contributed by atoms with Crippen molar-refractivity contribution >= 4 is 57.0 Å². The monoisotopic (exact) mass is 474 g/mol. The number of benzene rings is 2. The second-order valence-corrected chi connectivity index (χ2v) is 10.2. The molecule has 0 saturated heterocycles. The van der Waals surface area contributed by atoms with E-state index in [1.165, 1.54) is 6.33 Å². The Morgan fingerprint density at radius 3 is 2.52 bits per heavy atom. The molecule has 2 aromatic carbocycles. The Morgan fingerprint density at radius 2 is 1.86 bits per heavy atom. The van der Waals surface area contributed by atoms with Crippen LogP contribution < -0.4 is 10.8 Å². The molecule has 3 N–H and O–H groups in total. The molecule has 0 atom stereocenters. The fourth-order valence-electron chi connectivity index (χ4n) is 3.18. The summed E-state index contributed by atoms with van der Waals surface area (Å²) in [6.07, 6.45) is 1.44. The lowest BCUT2D eigenvalue weighted by atomic mass is 9.87. The standard InChI is InChI=1S/C20H20BrN4O3P/c1-20(2,3)12-8-9-15-16(10-12)25-11-22-19(29(26,27)28)17(25)18(24-15)23-14-7-5-4-6-13(14)21/h4-11H,1-3H3,(H,23,24)(H2,26,27,28). The molecular formula is C20H20BrN4O3P. The number of rotatable bonds is 3. The van der Waals surface area contributed by atoms with Crippen molar-refractivity contribution in [1.82, 2.24) is 14.4 Å². The zero-order chi connectivity index (χ0) is 21.0. The van der Waals surface area contributed by atoms with Crippen LogP contribution >= 0.6 is 23.5 Å². The quantitative estimate of drug-likeness (QED) is 0.378. The van der Waals surface area contributed by atoms with Gasteiger partial charge >= 0.3 is 7.60 Å². The first kappa shape index (κ1) is 20.0. The molecule has 150 valence electrons. The summed E-state index contributed by atoms with van der Waals surface area (Å²) in [7, 11) is -4.61. The van der Waals surface area contributed by atoms with Crippen LogP contribution in [0.1, 0.15) is 26.3 Å². The van der Waals surface area contributed by atoms with Gasteiger partial charge in [0.2, 0.25) is 0 Å². The van der Waals surface area contributed by atoms with Gasteiger partial charge in [-0.15, -0.1) is 0 Å². The van der Waals surface area contributed by atoms with E-state index < -0.39 is 7.60 Å². The molecule has 0 unspecified atom stereocenters. The highest BCUT2D eigenvalue weighted by Gasteiger charge is 2.28. The molecule has 0 aliphatic carbocycles. The number of nitrogens with zero attached hydrogens (tertiary/aromatic N) is 3. The highest BCUT2D eigenvalue weighted by Crippen LogP contribution is 2.38. The van der Waals surface area contributed by atoms with Gasteiger partial charge in [0.15, 0.2) is 11.3 Å². The lowest BCUT2D eigenvalue weighted by Crippen LogP contribution is -2.12. The summed E-state index contributed by atoms with van der Waals surface area (Å²) < 4.78 is 14.6. The predicted octanol–water partition coefficient (Wildman–Crippen LogP) is 4.49. The fraction of sp³-hybridized carbons (Fsp3) is 0.200. The summed E-state index contributed by atoms with van der Waals surface area (Å²) in [6.45, 7) is 6.32. The number of hydrogen-bond donors (Lipinski definition) is 3. The van der Waals surface area contributed by atoms with E-state index in [1.54, 1.807) is 4.40 Å². The van der Waals surface area contributed by atoms with Crippen LogP contribution in [0.2, 0.25) is 0 Å². The second kappa shape index (κ2) is 6.92. The van der Waals surface area contributed by atoms with Gasteiger partial charge in [-0.2, -0.15) is 0 Å². The van der Waals surface area contributed by atoms with E-state index in [0.29, 0.717) is 11.3 Å². The lowest BCUT2D eigenvalue weighted by molar-refractivity contribution is 0.386. The average Bonchev–Trinajstić information content (AvgIpc) is 3.08. The minimum absolute atomic E-state index is 0.0843. The number of para-hydroxylation sites is 1. The predicted molar refractivity (Wildman–Crippen MR) is 118 cm³/mol. The van der Waals surface area contributed by atoms with Gasteiger partial charge in [0.25, 0.3) is 0 Å². The van der Waals surface area contributed by atoms with Gasteiger partial charge < -0.3 is 15.1 Å². The van der Waals surface area contributed by atoms with Gasteiger partial charge in [-0.25, -0.2) is 9.97 Å². The number of halogens is 1. The molecule has 7 nitrogen and oxygen atoms in total. The average molecular weight is 475 g/mol. The van der Waals surface area contributed by atoms with Gasteiger partial charge in [0.1, 0.15) is 11.8 Å². The summed E-state index contributed by atoms with van der Waals surface area (Å²) in [5.41, 5.74) is 3.11. The number of fused-ring (bicyclic) bond motifs is 3. The first-order valence-corrected chi connectivity index (χ1v) is 11.4. The van der Waals surface area contributed by atoms with Gasteiger partial charge in [0.05, 0.1) is 16.7 Å². The summed E-state index contributed by atoms with van der Waals surface area (Å²) in [5, 5.41) is 3.19. The highest BCUT2D eigenvalue weighted by atomic mass is 79.9. The molecular weight excluding hydrogens is 455 g/mol. The Labute approximate surface area is 176 Å². The molecule has 2 heterocycles. The lowest BCUT2D eigenvalue weighted by Gasteiger charge is -2.20. The summed E-state index contributed by atoms with van der Waals surface area (Å²) in [4.78, 5) is 28.4. The van der Waals surface area contributed by atoms with Crippen LogP contribution in [-0.2, 0) is 9.98 Å². The normalized spacial score (nSPS) is 12.6. The second-order valence-electron chi connectivity index (χ2n) is 7.85. The molecule has 0 saturated carbocycles. The molecule has 0 aliphatic heterocycles. The Balaban J connectivity index is 2.04. The Morgan fingerprint density at radius 1 is 1.14 bits per heavy atom. The first-order chi connectivity index (χ1) is 13.6. The first-order valence-electron chi connectivity index (χ1n) is 8.94. The van der Waals surface area contributed by atoms with E-state index in [0.717, 1.165) is 21.2 Å². The maximum atomic E-state index is 12.1. The van der Waals surface area contributed by atoms with E-state index in [4.69, 9.17) is 0 Å². The van der Waals surface area contributed by atoms with Crippen molar-refractivity contribution in [2.24, 2.45) is 0 Å². The maximum Gasteiger partial charge on any atom is 0.376 e. The third-order valence-electron chi connectivity index (χ3n) is 4.71. The molecule has 0 radical (unpaired) electrons. The van der Waals surface area contributed by atoms with E-state index >= 15 is 0 Å². The van der Waals surface area contributed by atoms with Gasteiger partial charge in [-0.1, -0.05) is 39.0 Å². The van der Waals surface area contributed by atoms with Crippen molar-refractivity contribution in [3.63, 3.8) is 0 Å². The minimum Gasteiger partial charge on any atom is -0.337 e. The van der Waals surface area contributed by atoms with Crippen molar-refractivity contribution in [3.05, 3.63) is 58.8 Å². The smallest absolute Gasteiger partial charge is 0.337 e. The zero-order valence-electron chi connectivity index (χ0n) is 16.1. The molecule has 4 rings (SSSR count). The van der Waals surface area contributed by atoms with Crippen LogP contribution in [0.3, 0.4) is 0 Å². The topological polar surface area (TPSA) is 99.8 Å². The number of imidazole rings is 1. The number of anilines is 2. The third-order valence-corrected chi connectivity index (χ3v) is 6.28. The Kier molecular flexibility index (Phi) is 4.78. The van der Waals surface area contributed by atoms with E-state index in [-0.39, 0.29) is 16.4 Å². The summed E-state index contributed by atoms with van der Waals surface area (Å²) in [5.74, 6) is 0.323. The van der Waals surface area contributed by atoms with E-state index in [1.807, 2.05) is 42.5 Å². The number of nitrogens with one attached hydrogen (secondary N) is 1. The van der Waals surface area contributed by atoms with Crippen molar-refractivity contribution in [3.8, 4) is 0 Å². The molecule has 9 heteroatoms. The van der Waals surface area contributed by atoms with Crippen molar-refractivity contribution < 1.29 is 14.4 Å². The molecule has 0 fully saturated rings. The van der Waals surface area contributed by atoms with Gasteiger partial charge in [0, 0.05) is 4.47 Å². The molecule has 0 spiro atoms. The van der Waals surface area contributed by atoms with Crippen LogP contribution in [0.4, 0.5) is 11.5 Å². The maximum absolute atomic E-state index is 12.1. The van der Waals surface area contributed by atoms with Crippen LogP contribution in [-0.4, -0.2) is 24.2 Å². The van der Waals surface area contributed by atoms with E-state index in [9.17, 15) is 14.4 Å². The van der Waals surface area contributed by atoms with Crippen molar-refractivity contribution in [2.75, 3.05) is 5.32 Å². The Bertz CT molecular complexity index is 1290. The van der Waals surface area contributed by atoms with Crippen molar-refractivity contribution in [2.45, 2.75) is 26.2 Å². The van der Waals surface area contributed by atoms with Gasteiger partial charge in [-0.3, -0.25) is 8.97 Å². The van der Waals surface area contributed by atoms with Crippen LogP contribution in [0.5, 0.6) is 0 Å². The SMILES string of the molecule is CC(C)(C)c1ccc2nc(Nc3ccccc3Br)c3c(P(=O)(O)O)ncn3c2c1. The molecule has 0 amide bonds. The number of hydrogen-bond acceptors (Lipinski definition) is 4. The Hall–Kier alpha value is -2.25. The fourth-order valence-corrected chi connectivity index (χ4v) is 4.26. The van der Waals surface area contributed by atoms with Crippen LogP contribution in [0, 0.1) is 0 Å². The van der Waals surface area contributed by atoms with E-state index in [2.05, 4.69) is 52.0 Å². The van der Waals surface area contributed by atoms with Gasteiger partial charge in [-0.05, 0) is 51.2 Å². The molecule has 0 bridgehead atoms. The summed E-state index contributed by atoms with van der Waals surface area (Å²) in [6, 6.07) is 13.4. The largest absolute Gasteiger partial charge is 0.376 e. The molecule has 29 heavy (non-hydrogen) atoms. The highest BCUT2D eigenvalue weighted by molar-refractivity contribution is 9.10. The summed E-state index contributed by atoms with van der Waals surface area (Å²) >= 11 is 3.48. The van der Waals surface area contributed by atoms with Crippen LogP contribution in [0.25, 0.3) is 16.6 Å². The number of aromatic nitrogens is 3. The minimum atomic E-state index is -4.61.